The van der Waals surface area contributed by atoms with Crippen LogP contribution in [-0.2, 0) is 11.3 Å². The van der Waals surface area contributed by atoms with Crippen molar-refractivity contribution >= 4 is 18.3 Å². The van der Waals surface area contributed by atoms with Gasteiger partial charge < -0.3 is 10.6 Å². The van der Waals surface area contributed by atoms with Crippen LogP contribution in [0.5, 0.6) is 0 Å². The van der Waals surface area contributed by atoms with Crippen LogP contribution < -0.4 is 5.73 Å². The highest BCUT2D eigenvalue weighted by molar-refractivity contribution is 5.85. The highest BCUT2D eigenvalue weighted by Gasteiger charge is 2.24. The Morgan fingerprint density at radius 3 is 2.40 bits per heavy atom. The molecular formula is C16H27ClN2O. The van der Waals surface area contributed by atoms with Crippen molar-refractivity contribution < 1.29 is 4.79 Å². The quantitative estimate of drug-likeness (QED) is 0.877. The molecule has 1 amide bonds. The minimum atomic E-state index is -0.394. The summed E-state index contributed by atoms with van der Waals surface area (Å²) in [4.78, 5) is 14.2. The first-order valence-electron chi connectivity index (χ1n) is 7.10. The van der Waals surface area contributed by atoms with Gasteiger partial charge in [-0.2, -0.15) is 0 Å². The molecule has 0 aliphatic carbocycles. The largest absolute Gasteiger partial charge is 0.337 e. The summed E-state index contributed by atoms with van der Waals surface area (Å²) in [6, 6.07) is 7.77. The molecule has 20 heavy (non-hydrogen) atoms. The molecule has 0 aromatic heterocycles. The van der Waals surface area contributed by atoms with Crippen molar-refractivity contribution in [1.29, 1.82) is 0 Å². The second kappa shape index (κ2) is 8.98. The standard InChI is InChI=1S/C16H26N2O.ClH/c1-5-12(3)15(17)16(19)18(6-2)11-14-10-8-7-9-13(14)4;/h7-10,12,15H,5-6,11,17H2,1-4H3;1H. The maximum absolute atomic E-state index is 12.4. The predicted octanol–water partition coefficient (Wildman–Crippen LogP) is 3.14. The van der Waals surface area contributed by atoms with E-state index in [9.17, 15) is 4.79 Å². The lowest BCUT2D eigenvalue weighted by molar-refractivity contribution is -0.134. The van der Waals surface area contributed by atoms with Gasteiger partial charge >= 0.3 is 0 Å². The van der Waals surface area contributed by atoms with E-state index in [1.807, 2.05) is 30.9 Å². The summed E-state index contributed by atoms with van der Waals surface area (Å²) in [7, 11) is 0. The molecule has 0 aliphatic heterocycles. The van der Waals surface area contributed by atoms with Crippen LogP contribution in [0.1, 0.15) is 38.3 Å². The molecule has 0 fully saturated rings. The average Bonchev–Trinajstić information content (AvgIpc) is 2.44. The van der Waals surface area contributed by atoms with E-state index in [0.717, 1.165) is 6.42 Å². The number of aryl methyl sites for hydroxylation is 1. The number of nitrogens with zero attached hydrogens (tertiary/aromatic N) is 1. The minimum absolute atomic E-state index is 0. The number of hydrogen-bond donors (Lipinski definition) is 1. The maximum atomic E-state index is 12.4. The van der Waals surface area contributed by atoms with E-state index in [-0.39, 0.29) is 24.2 Å². The van der Waals surface area contributed by atoms with Crippen molar-refractivity contribution in [3.8, 4) is 0 Å². The van der Waals surface area contributed by atoms with Gasteiger partial charge in [-0.1, -0.05) is 44.5 Å². The van der Waals surface area contributed by atoms with Crippen LogP contribution in [0.15, 0.2) is 24.3 Å². The Kier molecular flexibility index (Phi) is 8.51. The zero-order chi connectivity index (χ0) is 14.4. The number of rotatable bonds is 6. The first kappa shape index (κ1) is 18.9. The fraction of sp³-hybridized carbons (Fsp3) is 0.562. The minimum Gasteiger partial charge on any atom is -0.337 e. The number of nitrogens with two attached hydrogens (primary N) is 1. The number of carbonyl (C=O) groups excluding carboxylic acids is 1. The van der Waals surface area contributed by atoms with Gasteiger partial charge in [0.15, 0.2) is 0 Å². The fourth-order valence-corrected chi connectivity index (χ4v) is 2.05. The number of benzene rings is 1. The second-order valence-electron chi connectivity index (χ2n) is 5.19. The van der Waals surface area contributed by atoms with E-state index >= 15 is 0 Å². The molecule has 0 aliphatic rings. The smallest absolute Gasteiger partial charge is 0.240 e. The van der Waals surface area contributed by atoms with E-state index in [2.05, 4.69) is 26.0 Å². The number of hydrogen-bond acceptors (Lipinski definition) is 2. The van der Waals surface area contributed by atoms with Gasteiger partial charge in [-0.15, -0.1) is 12.4 Å². The molecule has 0 radical (unpaired) electrons. The number of halogens is 1. The second-order valence-corrected chi connectivity index (χ2v) is 5.19. The Bertz CT molecular complexity index is 423. The highest BCUT2D eigenvalue weighted by atomic mass is 35.5. The highest BCUT2D eigenvalue weighted by Crippen LogP contribution is 2.14. The van der Waals surface area contributed by atoms with Crippen LogP contribution in [0.25, 0.3) is 0 Å². The fourth-order valence-electron chi connectivity index (χ4n) is 2.05. The van der Waals surface area contributed by atoms with E-state index in [0.29, 0.717) is 13.1 Å². The molecule has 114 valence electrons. The number of carbonyl (C=O) groups is 1. The van der Waals surface area contributed by atoms with Crippen molar-refractivity contribution in [3.05, 3.63) is 35.4 Å². The molecule has 3 nitrogen and oxygen atoms in total. The lowest BCUT2D eigenvalue weighted by Gasteiger charge is -2.27. The Morgan fingerprint density at radius 1 is 1.30 bits per heavy atom. The molecule has 0 heterocycles. The van der Waals surface area contributed by atoms with Crippen LogP contribution in [0, 0.1) is 12.8 Å². The molecule has 0 bridgehead atoms. The third-order valence-electron chi connectivity index (χ3n) is 3.86. The number of likely N-dealkylation sites (N-methyl/N-ethyl adjacent to an activating group) is 1. The molecule has 0 spiro atoms. The number of amides is 1. The Hall–Kier alpha value is -1.06. The first-order valence-corrected chi connectivity index (χ1v) is 7.10. The third kappa shape index (κ3) is 4.80. The molecule has 1 aromatic rings. The topological polar surface area (TPSA) is 46.3 Å². The predicted molar refractivity (Wildman–Crippen MR) is 86.9 cm³/mol. The van der Waals surface area contributed by atoms with E-state index in [4.69, 9.17) is 5.73 Å². The normalized spacial score (nSPS) is 13.2. The summed E-state index contributed by atoms with van der Waals surface area (Å²) in [6.07, 6.45) is 0.925. The summed E-state index contributed by atoms with van der Waals surface area (Å²) in [6.45, 7) is 9.50. The molecule has 2 N–H and O–H groups in total. The van der Waals surface area contributed by atoms with Crippen molar-refractivity contribution in [2.45, 2.75) is 46.7 Å². The summed E-state index contributed by atoms with van der Waals surface area (Å²) < 4.78 is 0. The SMILES string of the molecule is CCC(C)C(N)C(=O)N(CC)Cc1ccccc1C.Cl. The lowest BCUT2D eigenvalue weighted by atomic mass is 9.98. The lowest BCUT2D eigenvalue weighted by Crippen LogP contribution is -2.46. The van der Waals surface area contributed by atoms with Crippen molar-refractivity contribution in [2.24, 2.45) is 11.7 Å². The molecule has 2 atom stereocenters. The summed E-state index contributed by atoms with van der Waals surface area (Å²) in [5.74, 6) is 0.276. The van der Waals surface area contributed by atoms with Crippen LogP contribution in [0.3, 0.4) is 0 Å². The van der Waals surface area contributed by atoms with E-state index < -0.39 is 6.04 Å². The van der Waals surface area contributed by atoms with Gasteiger partial charge in [-0.05, 0) is 30.9 Å². The maximum Gasteiger partial charge on any atom is 0.240 e. The summed E-state index contributed by atoms with van der Waals surface area (Å²) in [5.41, 5.74) is 8.45. The van der Waals surface area contributed by atoms with Gasteiger partial charge in [0, 0.05) is 13.1 Å². The Labute approximate surface area is 128 Å². The Balaban J connectivity index is 0.00000361. The van der Waals surface area contributed by atoms with Crippen molar-refractivity contribution in [1.82, 2.24) is 4.90 Å². The molecule has 4 heteroatoms. The van der Waals surface area contributed by atoms with Crippen LogP contribution in [-0.4, -0.2) is 23.4 Å². The Morgan fingerprint density at radius 2 is 1.90 bits per heavy atom. The molecule has 1 rings (SSSR count). The summed E-state index contributed by atoms with van der Waals surface area (Å²) >= 11 is 0. The molecular weight excluding hydrogens is 272 g/mol. The van der Waals surface area contributed by atoms with Crippen LogP contribution >= 0.6 is 12.4 Å². The van der Waals surface area contributed by atoms with Crippen LogP contribution in [0.4, 0.5) is 0 Å². The van der Waals surface area contributed by atoms with Gasteiger partial charge in [0.1, 0.15) is 0 Å². The van der Waals surface area contributed by atoms with E-state index in [1.54, 1.807) is 0 Å². The molecule has 1 aromatic carbocycles. The van der Waals surface area contributed by atoms with E-state index in [1.165, 1.54) is 11.1 Å². The van der Waals surface area contributed by atoms with Crippen molar-refractivity contribution in [2.75, 3.05) is 6.54 Å². The zero-order valence-corrected chi connectivity index (χ0v) is 13.7. The van der Waals surface area contributed by atoms with Crippen molar-refractivity contribution in [3.63, 3.8) is 0 Å². The summed E-state index contributed by atoms with van der Waals surface area (Å²) in [5, 5.41) is 0. The first-order chi connectivity index (χ1) is 9.01. The third-order valence-corrected chi connectivity index (χ3v) is 3.86. The monoisotopic (exact) mass is 298 g/mol. The molecule has 0 saturated heterocycles. The van der Waals surface area contributed by atoms with Gasteiger partial charge in [0.2, 0.25) is 5.91 Å². The van der Waals surface area contributed by atoms with Gasteiger partial charge in [0.25, 0.3) is 0 Å². The zero-order valence-electron chi connectivity index (χ0n) is 12.9. The molecule has 2 unspecified atom stereocenters. The average molecular weight is 299 g/mol. The van der Waals surface area contributed by atoms with Gasteiger partial charge in [0.05, 0.1) is 6.04 Å². The van der Waals surface area contributed by atoms with Gasteiger partial charge in [-0.3, -0.25) is 4.79 Å². The van der Waals surface area contributed by atoms with Crippen LogP contribution in [0.2, 0.25) is 0 Å². The van der Waals surface area contributed by atoms with Gasteiger partial charge in [-0.25, -0.2) is 0 Å². The molecule has 0 saturated carbocycles.